The SMILES string of the molecule is COCCC(C)(O)C1(CN)CCCCCCC1. The van der Waals surface area contributed by atoms with Crippen LogP contribution in [0.1, 0.15) is 58.3 Å². The number of methoxy groups -OCH3 is 1. The third-order valence-electron chi connectivity index (χ3n) is 4.64. The number of hydrogen-bond acceptors (Lipinski definition) is 3. The van der Waals surface area contributed by atoms with Gasteiger partial charge in [0.1, 0.15) is 0 Å². The minimum atomic E-state index is -0.699. The lowest BCUT2D eigenvalue weighted by Crippen LogP contribution is -2.51. The van der Waals surface area contributed by atoms with Crippen molar-refractivity contribution in [2.75, 3.05) is 20.3 Å². The lowest BCUT2D eigenvalue weighted by Gasteiger charge is -2.46. The monoisotopic (exact) mass is 243 g/mol. The summed E-state index contributed by atoms with van der Waals surface area (Å²) in [4.78, 5) is 0. The fourth-order valence-electron chi connectivity index (χ4n) is 3.11. The zero-order valence-electron chi connectivity index (χ0n) is 11.5. The van der Waals surface area contributed by atoms with Gasteiger partial charge in [0.05, 0.1) is 5.60 Å². The molecule has 0 heterocycles. The molecule has 17 heavy (non-hydrogen) atoms. The second kappa shape index (κ2) is 6.72. The van der Waals surface area contributed by atoms with Crippen molar-refractivity contribution in [1.29, 1.82) is 0 Å². The van der Waals surface area contributed by atoms with Crippen molar-refractivity contribution in [1.82, 2.24) is 0 Å². The van der Waals surface area contributed by atoms with E-state index in [-0.39, 0.29) is 5.41 Å². The standard InChI is InChI=1S/C14H29NO2/c1-13(16,10-11-17-2)14(12-15)8-6-4-3-5-7-9-14/h16H,3-12,15H2,1-2H3. The van der Waals surface area contributed by atoms with Gasteiger partial charge in [-0.3, -0.25) is 0 Å². The van der Waals surface area contributed by atoms with Crippen molar-refractivity contribution in [3.63, 3.8) is 0 Å². The Kier molecular flexibility index (Phi) is 5.90. The van der Waals surface area contributed by atoms with Crippen molar-refractivity contribution in [3.05, 3.63) is 0 Å². The number of hydrogen-bond donors (Lipinski definition) is 2. The van der Waals surface area contributed by atoms with Crippen LogP contribution in [0.5, 0.6) is 0 Å². The summed E-state index contributed by atoms with van der Waals surface area (Å²) >= 11 is 0. The molecule has 1 atom stereocenters. The van der Waals surface area contributed by atoms with E-state index in [1.54, 1.807) is 7.11 Å². The summed E-state index contributed by atoms with van der Waals surface area (Å²) in [7, 11) is 1.68. The van der Waals surface area contributed by atoms with E-state index in [0.29, 0.717) is 19.6 Å². The van der Waals surface area contributed by atoms with Gasteiger partial charge in [-0.2, -0.15) is 0 Å². The number of aliphatic hydroxyl groups is 1. The summed E-state index contributed by atoms with van der Waals surface area (Å²) in [5, 5.41) is 10.8. The van der Waals surface area contributed by atoms with Gasteiger partial charge in [0.25, 0.3) is 0 Å². The van der Waals surface area contributed by atoms with E-state index in [1.165, 1.54) is 32.1 Å². The molecule has 1 fully saturated rings. The molecule has 3 heteroatoms. The van der Waals surface area contributed by atoms with Crippen molar-refractivity contribution in [2.45, 2.75) is 63.9 Å². The highest BCUT2D eigenvalue weighted by molar-refractivity contribution is 4.97. The second-order valence-electron chi connectivity index (χ2n) is 5.77. The molecule has 1 rings (SSSR count). The van der Waals surface area contributed by atoms with Gasteiger partial charge in [-0.15, -0.1) is 0 Å². The fraction of sp³-hybridized carbons (Fsp3) is 1.00. The molecule has 0 aromatic heterocycles. The zero-order chi connectivity index (χ0) is 12.8. The number of rotatable bonds is 5. The van der Waals surface area contributed by atoms with Crippen LogP contribution < -0.4 is 5.73 Å². The molecule has 0 aromatic rings. The average molecular weight is 243 g/mol. The van der Waals surface area contributed by atoms with Crippen LogP contribution in [0.2, 0.25) is 0 Å². The molecule has 1 aliphatic rings. The van der Waals surface area contributed by atoms with Crippen LogP contribution >= 0.6 is 0 Å². The zero-order valence-corrected chi connectivity index (χ0v) is 11.5. The molecule has 3 nitrogen and oxygen atoms in total. The van der Waals surface area contributed by atoms with Crippen LogP contribution in [0.25, 0.3) is 0 Å². The molecule has 0 spiro atoms. The molecule has 0 amide bonds. The molecule has 0 saturated heterocycles. The predicted octanol–water partition coefficient (Wildman–Crippen LogP) is 2.46. The Labute approximate surface area is 106 Å². The molecule has 102 valence electrons. The Bertz CT molecular complexity index is 208. The van der Waals surface area contributed by atoms with Gasteiger partial charge in [-0.1, -0.05) is 32.1 Å². The molecule has 3 N–H and O–H groups in total. The van der Waals surface area contributed by atoms with E-state index in [1.807, 2.05) is 6.92 Å². The van der Waals surface area contributed by atoms with E-state index >= 15 is 0 Å². The van der Waals surface area contributed by atoms with Crippen LogP contribution in [0.15, 0.2) is 0 Å². The summed E-state index contributed by atoms with van der Waals surface area (Å²) in [5.41, 5.74) is 5.21. The summed E-state index contributed by atoms with van der Waals surface area (Å²) < 4.78 is 5.11. The third kappa shape index (κ3) is 3.67. The third-order valence-corrected chi connectivity index (χ3v) is 4.64. The predicted molar refractivity (Wildman–Crippen MR) is 70.9 cm³/mol. The van der Waals surface area contributed by atoms with Crippen molar-refractivity contribution >= 4 is 0 Å². The van der Waals surface area contributed by atoms with Gasteiger partial charge in [0, 0.05) is 25.7 Å². The van der Waals surface area contributed by atoms with Crippen molar-refractivity contribution in [2.24, 2.45) is 11.1 Å². The molecule has 0 bridgehead atoms. The maximum absolute atomic E-state index is 10.8. The summed E-state index contributed by atoms with van der Waals surface area (Å²) in [6, 6.07) is 0. The summed E-state index contributed by atoms with van der Waals surface area (Å²) in [6.07, 6.45) is 9.08. The quantitative estimate of drug-likeness (QED) is 0.780. The largest absolute Gasteiger partial charge is 0.389 e. The van der Waals surface area contributed by atoms with Crippen LogP contribution in [-0.4, -0.2) is 31.0 Å². The highest BCUT2D eigenvalue weighted by atomic mass is 16.5. The maximum atomic E-state index is 10.8. The van der Waals surface area contributed by atoms with Crippen LogP contribution in [0, 0.1) is 5.41 Å². The first kappa shape index (κ1) is 14.9. The van der Waals surface area contributed by atoms with Gasteiger partial charge in [-0.05, 0) is 26.2 Å². The highest BCUT2D eigenvalue weighted by Crippen LogP contribution is 2.44. The van der Waals surface area contributed by atoms with Gasteiger partial charge in [0.15, 0.2) is 0 Å². The van der Waals surface area contributed by atoms with E-state index in [9.17, 15) is 5.11 Å². The smallest absolute Gasteiger partial charge is 0.0709 e. The van der Waals surface area contributed by atoms with Crippen molar-refractivity contribution < 1.29 is 9.84 Å². The Morgan fingerprint density at radius 3 is 2.18 bits per heavy atom. The Morgan fingerprint density at radius 1 is 1.18 bits per heavy atom. The molecule has 1 saturated carbocycles. The second-order valence-corrected chi connectivity index (χ2v) is 5.77. The first-order valence-corrected chi connectivity index (χ1v) is 6.99. The van der Waals surface area contributed by atoms with Gasteiger partial charge >= 0.3 is 0 Å². The molecule has 1 aliphatic carbocycles. The first-order valence-electron chi connectivity index (χ1n) is 6.99. The Hall–Kier alpha value is -0.120. The highest BCUT2D eigenvalue weighted by Gasteiger charge is 2.44. The van der Waals surface area contributed by atoms with Gasteiger partial charge in [0.2, 0.25) is 0 Å². The van der Waals surface area contributed by atoms with E-state index in [2.05, 4.69) is 0 Å². The molecule has 0 aliphatic heterocycles. The Morgan fingerprint density at radius 2 is 1.71 bits per heavy atom. The minimum absolute atomic E-state index is 0.105. The van der Waals surface area contributed by atoms with Gasteiger partial charge < -0.3 is 15.6 Å². The fourth-order valence-corrected chi connectivity index (χ4v) is 3.11. The molecule has 1 unspecified atom stereocenters. The Balaban J connectivity index is 2.74. The van der Waals surface area contributed by atoms with Crippen molar-refractivity contribution in [3.8, 4) is 0 Å². The van der Waals surface area contributed by atoms with Crippen LogP contribution in [0.4, 0.5) is 0 Å². The van der Waals surface area contributed by atoms with E-state index in [0.717, 1.165) is 12.8 Å². The number of ether oxygens (including phenoxy) is 1. The maximum Gasteiger partial charge on any atom is 0.0709 e. The molecule has 0 aromatic carbocycles. The lowest BCUT2D eigenvalue weighted by molar-refractivity contribution is -0.0952. The lowest BCUT2D eigenvalue weighted by atomic mass is 9.64. The number of nitrogens with two attached hydrogens (primary N) is 1. The summed E-state index contributed by atoms with van der Waals surface area (Å²) in [5.74, 6) is 0. The van der Waals surface area contributed by atoms with E-state index < -0.39 is 5.60 Å². The normalized spacial score (nSPS) is 24.7. The average Bonchev–Trinajstić information content (AvgIpc) is 2.26. The molecule has 0 radical (unpaired) electrons. The van der Waals surface area contributed by atoms with Crippen LogP contribution in [0.3, 0.4) is 0 Å². The first-order chi connectivity index (χ1) is 8.08. The van der Waals surface area contributed by atoms with Crippen LogP contribution in [-0.2, 0) is 4.74 Å². The molecular weight excluding hydrogens is 214 g/mol. The topological polar surface area (TPSA) is 55.5 Å². The molecular formula is C14H29NO2. The van der Waals surface area contributed by atoms with E-state index in [4.69, 9.17) is 10.5 Å². The summed E-state index contributed by atoms with van der Waals surface area (Å²) in [6.45, 7) is 3.14. The van der Waals surface area contributed by atoms with Gasteiger partial charge in [-0.25, -0.2) is 0 Å². The minimum Gasteiger partial charge on any atom is -0.389 e.